The van der Waals surface area contributed by atoms with Crippen molar-refractivity contribution in [3.63, 3.8) is 0 Å². The first kappa shape index (κ1) is 3.73. The number of hydrogen-bond acceptors (Lipinski definition) is 1. The minimum absolute atomic E-state index is 0. The van der Waals surface area contributed by atoms with Crippen molar-refractivity contribution in [3.05, 3.63) is 36.5 Å². The van der Waals surface area contributed by atoms with E-state index in [-0.39, 0.29) is 40.4 Å². The van der Waals surface area contributed by atoms with E-state index in [0.29, 0.717) is 4.57 Å². The number of pyridine rings is 1. The number of fused-ring (bicyclic) bond motifs is 1. The molecule has 0 atom stereocenters. The van der Waals surface area contributed by atoms with E-state index < -0.39 is 43.5 Å². The fraction of sp³-hybridized carbons (Fsp3) is 0.100. The van der Waals surface area contributed by atoms with E-state index in [1.54, 1.807) is 0 Å². The molecule has 2 nitrogen and oxygen atoms in total. The van der Waals surface area contributed by atoms with Crippen LogP contribution in [-0.4, -0.2) is 0 Å². The fourth-order valence-corrected chi connectivity index (χ4v) is 0.899. The van der Waals surface area contributed by atoms with Gasteiger partial charge >= 0.3 is 0 Å². The summed E-state index contributed by atoms with van der Waals surface area (Å²) in [7, 11) is 0. The number of benzene rings is 1. The van der Waals surface area contributed by atoms with Crippen LogP contribution in [0.4, 0.5) is 5.69 Å². The molecule has 0 bridgehead atoms. The Bertz CT molecular complexity index is 734. The number of anilines is 1. The molecule has 2 N–H and O–H groups in total. The average Bonchev–Trinajstić information content (AvgIpc) is 2.37. The smallest absolute Gasteiger partial charge is 0.176 e. The summed E-state index contributed by atoms with van der Waals surface area (Å²) in [5.41, 5.74) is 5.43. The number of halogens is 1. The highest BCUT2D eigenvalue weighted by molar-refractivity contribution is 5.91. The highest BCUT2D eigenvalue weighted by Gasteiger charge is 1.99. The first-order valence-corrected chi connectivity index (χ1v) is 3.24. The van der Waals surface area contributed by atoms with Gasteiger partial charge in [-0.25, -0.2) is 4.57 Å². The van der Waals surface area contributed by atoms with E-state index in [0.717, 1.165) is 0 Å². The molecule has 3 heteroatoms. The topological polar surface area (TPSA) is 29.9 Å². The lowest BCUT2D eigenvalue weighted by atomic mass is 10.1. The van der Waals surface area contributed by atoms with Gasteiger partial charge in [-0.3, -0.25) is 0 Å². The van der Waals surface area contributed by atoms with Gasteiger partial charge in [0.2, 0.25) is 0 Å². The number of nitrogens with zero attached hydrogens (tertiary/aromatic N) is 1. The molecule has 0 fully saturated rings. The lowest BCUT2D eigenvalue weighted by Gasteiger charge is -1.98. The van der Waals surface area contributed by atoms with Gasteiger partial charge in [0.05, 0.1) is 5.48 Å². The maximum Gasteiger partial charge on any atom is 0.176 e. The fourth-order valence-electron chi connectivity index (χ4n) is 0.899. The van der Waals surface area contributed by atoms with E-state index in [4.69, 9.17) is 16.7 Å². The molecule has 0 radical (unpaired) electrons. The summed E-state index contributed by atoms with van der Waals surface area (Å²) in [6.45, 7) is -1.73. The Morgan fingerprint density at radius 3 is 3.08 bits per heavy atom. The van der Waals surface area contributed by atoms with Gasteiger partial charge in [0.15, 0.2) is 12.3 Å². The summed E-state index contributed by atoms with van der Waals surface area (Å²) >= 11 is 0. The second-order valence-electron chi connectivity index (χ2n) is 2.26. The van der Waals surface area contributed by atoms with Crippen LogP contribution in [0.3, 0.4) is 0 Å². The Hall–Kier alpha value is -0.840. The lowest BCUT2D eigenvalue weighted by molar-refractivity contribution is -0.670. The molecule has 0 aliphatic carbocycles. The second kappa shape index (κ2) is 3.91. The molecular formula is C10H11IN2. The maximum absolute atomic E-state index is 7.91. The highest BCUT2D eigenvalue weighted by atomic mass is 127. The minimum atomic E-state index is -1.73. The van der Waals surface area contributed by atoms with E-state index >= 15 is 0 Å². The number of nitrogen functional groups attached to an aromatic ring is 1. The van der Waals surface area contributed by atoms with Crippen molar-refractivity contribution in [1.29, 1.82) is 0 Å². The van der Waals surface area contributed by atoms with Gasteiger partial charge in [-0.1, -0.05) is 6.04 Å². The molecule has 2 aromatic rings. The van der Waals surface area contributed by atoms with Gasteiger partial charge in [-0.2, -0.15) is 0 Å². The van der Waals surface area contributed by atoms with Crippen LogP contribution < -0.4 is 34.3 Å². The largest absolute Gasteiger partial charge is 1.00 e. The Morgan fingerprint density at radius 2 is 2.31 bits per heavy atom. The van der Waals surface area contributed by atoms with Gasteiger partial charge in [-0.05, 0) is 12.1 Å². The van der Waals surface area contributed by atoms with Crippen LogP contribution in [0, 0.1) is 0 Å². The molecule has 1 heterocycles. The van der Waals surface area contributed by atoms with Gasteiger partial charge in [0, 0.05) is 22.5 Å². The molecule has 2 rings (SSSR count). The van der Waals surface area contributed by atoms with Crippen molar-refractivity contribution in [2.75, 3.05) is 5.73 Å². The van der Waals surface area contributed by atoms with Gasteiger partial charge in [0.1, 0.15) is 12.5 Å². The summed E-state index contributed by atoms with van der Waals surface area (Å²) in [5.74, 6) is 0. The van der Waals surface area contributed by atoms with Gasteiger partial charge < -0.3 is 29.7 Å². The van der Waals surface area contributed by atoms with Crippen LogP contribution in [0.25, 0.3) is 10.8 Å². The molecule has 13 heavy (non-hydrogen) atoms. The van der Waals surface area contributed by atoms with Crippen molar-refractivity contribution in [3.8, 4) is 0 Å². The second-order valence-corrected chi connectivity index (χ2v) is 2.26. The molecule has 1 aromatic heterocycles. The highest BCUT2D eigenvalue weighted by Crippen LogP contribution is 2.17. The molecular weight excluding hydrogens is 275 g/mol. The first-order valence-electron chi connectivity index (χ1n) is 7.40. The van der Waals surface area contributed by atoms with Crippen molar-refractivity contribution in [1.82, 2.24) is 0 Å². The van der Waals surface area contributed by atoms with E-state index in [1.807, 2.05) is 0 Å². The summed E-state index contributed by atoms with van der Waals surface area (Å²) in [4.78, 5) is 0. The summed E-state index contributed by atoms with van der Waals surface area (Å²) < 4.78 is 61.8. The van der Waals surface area contributed by atoms with E-state index in [1.165, 1.54) is 0 Å². The molecule has 0 spiro atoms. The number of nitrogens with two attached hydrogens (primary N) is 1. The van der Waals surface area contributed by atoms with Crippen LogP contribution >= 0.6 is 0 Å². The third kappa shape index (κ3) is 1.91. The zero-order valence-corrected chi connectivity index (χ0v) is 8.64. The molecule has 0 unspecified atom stereocenters. The Balaban J connectivity index is 0.00000220. The summed E-state index contributed by atoms with van der Waals surface area (Å²) in [6, 6.07) is -1.84. The Kier molecular flexibility index (Phi) is 1.12. The normalized spacial score (nSPS) is 18.5. The van der Waals surface area contributed by atoms with Gasteiger partial charge in [-0.15, -0.1) is 0 Å². The molecule has 1 aromatic carbocycles. The zero-order chi connectivity index (χ0) is 15.4. The lowest BCUT2D eigenvalue weighted by Crippen LogP contribution is -3.00. The van der Waals surface area contributed by atoms with Crippen molar-refractivity contribution < 1.29 is 39.5 Å². The molecule has 68 valence electrons. The predicted molar refractivity (Wildman–Crippen MR) is 49.5 cm³/mol. The van der Waals surface area contributed by atoms with Crippen LogP contribution in [-0.2, 0) is 7.00 Å². The van der Waals surface area contributed by atoms with Crippen molar-refractivity contribution in [2.24, 2.45) is 7.00 Å². The van der Waals surface area contributed by atoms with E-state index in [2.05, 4.69) is 0 Å². The third-order valence-electron chi connectivity index (χ3n) is 1.44. The quantitative estimate of drug-likeness (QED) is 0.349. The number of rotatable bonds is 0. The average molecular weight is 294 g/mol. The first-order chi connectivity index (χ1) is 9.20. The molecule has 0 saturated heterocycles. The monoisotopic (exact) mass is 294 g/mol. The SMILES string of the molecule is [2H]c1c([2H])c(N)c2c([2H])c([2H])[n+](C([2H])[2H])c([2H])c2c1[2H].[I-]. The molecule has 0 aliphatic rings. The molecule has 0 amide bonds. The van der Waals surface area contributed by atoms with Crippen LogP contribution in [0.5, 0.6) is 0 Å². The van der Waals surface area contributed by atoms with Gasteiger partial charge in [0.25, 0.3) is 0 Å². The Morgan fingerprint density at radius 1 is 1.46 bits per heavy atom. The van der Waals surface area contributed by atoms with E-state index in [9.17, 15) is 0 Å². The number of aromatic nitrogens is 1. The predicted octanol–water partition coefficient (Wildman–Crippen LogP) is -1.75. The molecule has 0 aliphatic heterocycles. The third-order valence-corrected chi connectivity index (χ3v) is 1.44. The van der Waals surface area contributed by atoms with Crippen molar-refractivity contribution in [2.45, 2.75) is 0 Å². The molecule has 0 saturated carbocycles. The zero-order valence-electron chi connectivity index (χ0n) is 14.5. The van der Waals surface area contributed by atoms with Crippen LogP contribution in [0.1, 0.15) is 11.0 Å². The van der Waals surface area contributed by atoms with Crippen molar-refractivity contribution >= 4 is 16.5 Å². The van der Waals surface area contributed by atoms with Crippen LogP contribution in [0.2, 0.25) is 0 Å². The Labute approximate surface area is 106 Å². The minimum Gasteiger partial charge on any atom is -1.00 e. The standard InChI is InChI=1S/C10H11N2.HI/c1-12-6-5-9-8(7-12)3-2-4-10(9)11;/h2-7H,11H2,1H3;1H/q+1;/p-1/i1D2,2D,3D,4D,5D,6D,7D;. The maximum atomic E-state index is 7.91. The number of hydrogen-bond donors (Lipinski definition) is 1. The summed E-state index contributed by atoms with van der Waals surface area (Å²) in [6.07, 6.45) is -1.05. The summed E-state index contributed by atoms with van der Waals surface area (Å²) in [5, 5.41) is -0.308. The van der Waals surface area contributed by atoms with Crippen LogP contribution in [0.15, 0.2) is 36.5 Å².